The minimum atomic E-state index is 0.537. The van der Waals surface area contributed by atoms with E-state index in [0.29, 0.717) is 6.04 Å². The fraction of sp³-hybridized carbons (Fsp3) is 0.600. The predicted octanol–water partition coefficient (Wildman–Crippen LogP) is 2.66. The predicted molar refractivity (Wildman–Crippen MR) is 78.2 cm³/mol. The maximum Gasteiger partial charge on any atom is 0.0637 e. The topological polar surface area (TPSA) is 24.5 Å². The highest BCUT2D eigenvalue weighted by Crippen LogP contribution is 2.19. The lowest BCUT2D eigenvalue weighted by Gasteiger charge is -2.30. The molecule has 1 aromatic rings. The summed E-state index contributed by atoms with van der Waals surface area (Å²) in [4.78, 5) is 2.41. The van der Waals surface area contributed by atoms with Crippen molar-refractivity contribution < 1.29 is 4.74 Å². The van der Waals surface area contributed by atoms with E-state index in [1.54, 1.807) is 7.11 Å². The van der Waals surface area contributed by atoms with Crippen LogP contribution < -0.4 is 10.2 Å². The van der Waals surface area contributed by atoms with Crippen LogP contribution in [0.5, 0.6) is 0 Å². The van der Waals surface area contributed by atoms with Crippen molar-refractivity contribution in [2.24, 2.45) is 0 Å². The van der Waals surface area contributed by atoms with E-state index in [9.17, 15) is 0 Å². The van der Waals surface area contributed by atoms with Gasteiger partial charge in [0, 0.05) is 31.9 Å². The van der Waals surface area contributed by atoms with Gasteiger partial charge in [0.15, 0.2) is 0 Å². The molecular formula is C15H26N2O. The van der Waals surface area contributed by atoms with Crippen LogP contribution >= 0.6 is 0 Å². The zero-order valence-electron chi connectivity index (χ0n) is 12.1. The zero-order chi connectivity index (χ0) is 13.4. The fourth-order valence-corrected chi connectivity index (χ4v) is 2.02. The van der Waals surface area contributed by atoms with Gasteiger partial charge in [0.05, 0.1) is 6.61 Å². The number of methoxy groups -OCH3 is 1. The van der Waals surface area contributed by atoms with E-state index in [-0.39, 0.29) is 0 Å². The molecule has 0 saturated heterocycles. The van der Waals surface area contributed by atoms with Gasteiger partial charge in [-0.25, -0.2) is 0 Å². The van der Waals surface area contributed by atoms with Crippen molar-refractivity contribution in [2.45, 2.75) is 32.9 Å². The Hall–Kier alpha value is -1.06. The summed E-state index contributed by atoms with van der Waals surface area (Å²) >= 11 is 0. The van der Waals surface area contributed by atoms with Crippen molar-refractivity contribution in [3.05, 3.63) is 29.8 Å². The number of benzene rings is 1. The molecule has 3 nitrogen and oxygen atoms in total. The second-order valence-electron chi connectivity index (χ2n) is 4.64. The van der Waals surface area contributed by atoms with Gasteiger partial charge in [0.2, 0.25) is 0 Å². The SMILES string of the molecule is CCC(C)N(CCOC)c1ccc(CNC)cc1. The third kappa shape index (κ3) is 4.31. The molecule has 1 rings (SSSR count). The number of ether oxygens (including phenoxy) is 1. The Kier molecular flexibility index (Phi) is 6.76. The Bertz CT molecular complexity index is 324. The van der Waals surface area contributed by atoms with E-state index in [4.69, 9.17) is 4.74 Å². The first kappa shape index (κ1) is 15.0. The molecule has 0 aliphatic carbocycles. The Morgan fingerprint density at radius 1 is 1.28 bits per heavy atom. The Morgan fingerprint density at radius 3 is 2.44 bits per heavy atom. The molecule has 0 aromatic heterocycles. The first-order valence-electron chi connectivity index (χ1n) is 6.72. The van der Waals surface area contributed by atoms with Crippen LogP contribution in [0.4, 0.5) is 5.69 Å². The molecule has 102 valence electrons. The highest BCUT2D eigenvalue weighted by Gasteiger charge is 2.12. The zero-order valence-corrected chi connectivity index (χ0v) is 12.1. The third-order valence-corrected chi connectivity index (χ3v) is 3.31. The average Bonchev–Trinajstić information content (AvgIpc) is 2.41. The van der Waals surface area contributed by atoms with Crippen LogP contribution in [0, 0.1) is 0 Å². The van der Waals surface area contributed by atoms with Crippen LogP contribution in [0.1, 0.15) is 25.8 Å². The van der Waals surface area contributed by atoms with Crippen molar-refractivity contribution >= 4 is 5.69 Å². The van der Waals surface area contributed by atoms with Gasteiger partial charge in [0.25, 0.3) is 0 Å². The standard InChI is InChI=1S/C15H26N2O/c1-5-13(2)17(10-11-18-4)15-8-6-14(7-9-15)12-16-3/h6-9,13,16H,5,10-12H2,1-4H3. The Labute approximate surface area is 111 Å². The van der Waals surface area contributed by atoms with E-state index < -0.39 is 0 Å². The molecule has 0 amide bonds. The second kappa shape index (κ2) is 8.11. The van der Waals surface area contributed by atoms with Crippen molar-refractivity contribution in [1.29, 1.82) is 0 Å². The lowest BCUT2D eigenvalue weighted by atomic mass is 10.1. The monoisotopic (exact) mass is 250 g/mol. The van der Waals surface area contributed by atoms with E-state index >= 15 is 0 Å². The van der Waals surface area contributed by atoms with Gasteiger partial charge in [-0.1, -0.05) is 19.1 Å². The molecule has 0 bridgehead atoms. The van der Waals surface area contributed by atoms with Crippen LogP contribution in [0.3, 0.4) is 0 Å². The van der Waals surface area contributed by atoms with Crippen molar-refractivity contribution in [3.8, 4) is 0 Å². The van der Waals surface area contributed by atoms with E-state index in [2.05, 4.69) is 48.3 Å². The minimum absolute atomic E-state index is 0.537. The van der Waals surface area contributed by atoms with Crippen molar-refractivity contribution in [1.82, 2.24) is 5.32 Å². The maximum atomic E-state index is 5.20. The molecule has 0 radical (unpaired) electrons. The van der Waals surface area contributed by atoms with Gasteiger partial charge in [-0.15, -0.1) is 0 Å². The molecule has 0 fully saturated rings. The lowest BCUT2D eigenvalue weighted by Crippen LogP contribution is -2.35. The van der Waals surface area contributed by atoms with Gasteiger partial charge >= 0.3 is 0 Å². The molecule has 0 saturated carbocycles. The number of nitrogens with zero attached hydrogens (tertiary/aromatic N) is 1. The van der Waals surface area contributed by atoms with E-state index in [1.165, 1.54) is 11.3 Å². The number of nitrogens with one attached hydrogen (secondary N) is 1. The maximum absolute atomic E-state index is 5.20. The smallest absolute Gasteiger partial charge is 0.0637 e. The normalized spacial score (nSPS) is 12.4. The minimum Gasteiger partial charge on any atom is -0.383 e. The summed E-state index contributed by atoms with van der Waals surface area (Å²) in [5.74, 6) is 0. The third-order valence-electron chi connectivity index (χ3n) is 3.31. The van der Waals surface area contributed by atoms with Gasteiger partial charge < -0.3 is 15.0 Å². The average molecular weight is 250 g/mol. The molecule has 0 aliphatic heterocycles. The lowest BCUT2D eigenvalue weighted by molar-refractivity contribution is 0.203. The first-order valence-corrected chi connectivity index (χ1v) is 6.72. The van der Waals surface area contributed by atoms with E-state index in [0.717, 1.165) is 26.1 Å². The summed E-state index contributed by atoms with van der Waals surface area (Å²) in [6, 6.07) is 9.32. The summed E-state index contributed by atoms with van der Waals surface area (Å²) in [6.07, 6.45) is 1.14. The number of rotatable bonds is 8. The Morgan fingerprint density at radius 2 is 1.94 bits per heavy atom. The molecule has 1 N–H and O–H groups in total. The summed E-state index contributed by atoms with van der Waals surface area (Å²) in [5, 5.41) is 3.17. The van der Waals surface area contributed by atoms with Gasteiger partial charge in [0.1, 0.15) is 0 Å². The van der Waals surface area contributed by atoms with Crippen molar-refractivity contribution in [3.63, 3.8) is 0 Å². The van der Waals surface area contributed by atoms with E-state index in [1.807, 2.05) is 7.05 Å². The van der Waals surface area contributed by atoms with Gasteiger partial charge in [-0.3, -0.25) is 0 Å². The quantitative estimate of drug-likeness (QED) is 0.767. The number of hydrogen-bond donors (Lipinski definition) is 1. The van der Waals surface area contributed by atoms with Crippen LogP contribution in [0.25, 0.3) is 0 Å². The van der Waals surface area contributed by atoms with Crippen LogP contribution in [0.15, 0.2) is 24.3 Å². The molecule has 0 spiro atoms. The van der Waals surface area contributed by atoms with Gasteiger partial charge in [-0.2, -0.15) is 0 Å². The van der Waals surface area contributed by atoms with Crippen LogP contribution in [0.2, 0.25) is 0 Å². The molecular weight excluding hydrogens is 224 g/mol. The summed E-state index contributed by atoms with van der Waals surface area (Å²) in [6.45, 7) is 7.11. The molecule has 3 heteroatoms. The fourth-order valence-electron chi connectivity index (χ4n) is 2.02. The van der Waals surface area contributed by atoms with Gasteiger partial charge in [-0.05, 0) is 38.1 Å². The summed E-state index contributed by atoms with van der Waals surface area (Å²) in [5.41, 5.74) is 2.60. The molecule has 1 aromatic carbocycles. The first-order chi connectivity index (χ1) is 8.72. The second-order valence-corrected chi connectivity index (χ2v) is 4.64. The molecule has 1 unspecified atom stereocenters. The van der Waals surface area contributed by atoms with Crippen LogP contribution in [-0.4, -0.2) is 33.4 Å². The van der Waals surface area contributed by atoms with Crippen LogP contribution in [-0.2, 0) is 11.3 Å². The largest absolute Gasteiger partial charge is 0.383 e. The Balaban J connectivity index is 2.77. The molecule has 18 heavy (non-hydrogen) atoms. The summed E-state index contributed by atoms with van der Waals surface area (Å²) in [7, 11) is 3.72. The summed E-state index contributed by atoms with van der Waals surface area (Å²) < 4.78 is 5.20. The highest BCUT2D eigenvalue weighted by molar-refractivity contribution is 5.48. The number of anilines is 1. The highest BCUT2D eigenvalue weighted by atomic mass is 16.5. The molecule has 0 aliphatic rings. The molecule has 0 heterocycles. The number of hydrogen-bond acceptors (Lipinski definition) is 3. The van der Waals surface area contributed by atoms with Crippen molar-refractivity contribution in [2.75, 3.05) is 32.2 Å². The molecule has 1 atom stereocenters.